The molecule has 8 nitrogen and oxygen atoms in total. The van der Waals surface area contributed by atoms with Crippen LogP contribution in [0.25, 0.3) is 11.4 Å². The minimum Gasteiger partial charge on any atom is -0.497 e. The Kier molecular flexibility index (Phi) is 5.50. The van der Waals surface area contributed by atoms with E-state index in [1.54, 1.807) is 19.2 Å². The molecule has 0 aliphatic heterocycles. The number of benzene rings is 1. The van der Waals surface area contributed by atoms with E-state index in [0.29, 0.717) is 24.1 Å². The van der Waals surface area contributed by atoms with Gasteiger partial charge in [-0.15, -0.1) is 0 Å². The second kappa shape index (κ2) is 7.99. The van der Waals surface area contributed by atoms with Crippen molar-refractivity contribution < 1.29 is 24.0 Å². The molecule has 1 atom stereocenters. The van der Waals surface area contributed by atoms with Gasteiger partial charge in [-0.2, -0.15) is 4.98 Å². The Morgan fingerprint density at radius 1 is 1.35 bits per heavy atom. The second-order valence-corrected chi connectivity index (χ2v) is 6.38. The summed E-state index contributed by atoms with van der Waals surface area (Å²) in [7, 11) is 1.59. The lowest BCUT2D eigenvalue weighted by molar-refractivity contribution is -0.142. The highest BCUT2D eigenvalue weighted by atomic mass is 16.5. The third-order valence-corrected chi connectivity index (χ3v) is 4.28. The predicted octanol–water partition coefficient (Wildman–Crippen LogP) is 2.05. The molecule has 3 rings (SSSR count). The molecule has 0 bridgehead atoms. The van der Waals surface area contributed by atoms with Crippen LogP contribution in [0.5, 0.6) is 5.75 Å². The molecule has 1 aromatic carbocycles. The lowest BCUT2D eigenvalue weighted by Crippen LogP contribution is -2.41. The molecule has 1 heterocycles. The molecule has 8 heteroatoms. The molecule has 26 heavy (non-hydrogen) atoms. The first-order valence-corrected chi connectivity index (χ1v) is 8.54. The number of aryl methyl sites for hydroxylation is 1. The number of nitrogens with one attached hydrogen (secondary N) is 1. The fraction of sp³-hybridized carbons (Fsp3) is 0.444. The summed E-state index contributed by atoms with van der Waals surface area (Å²) < 4.78 is 10.3. The fourth-order valence-corrected chi connectivity index (χ4v) is 2.61. The van der Waals surface area contributed by atoms with Crippen molar-refractivity contribution in [3.8, 4) is 17.1 Å². The average molecular weight is 359 g/mol. The van der Waals surface area contributed by atoms with Gasteiger partial charge in [-0.25, -0.2) is 4.79 Å². The van der Waals surface area contributed by atoms with Gasteiger partial charge in [0.05, 0.1) is 7.11 Å². The lowest BCUT2D eigenvalue weighted by atomic mass is 10.1. The molecular weight excluding hydrogens is 338 g/mol. The number of hydrogen-bond donors (Lipinski definition) is 2. The number of ether oxygens (including phenoxy) is 1. The second-order valence-electron chi connectivity index (χ2n) is 6.38. The molecule has 1 amide bonds. The number of carbonyl (C=O) groups excluding carboxylic acids is 1. The van der Waals surface area contributed by atoms with Crippen LogP contribution in [0.3, 0.4) is 0 Å². The van der Waals surface area contributed by atoms with Crippen molar-refractivity contribution in [2.24, 2.45) is 5.92 Å². The molecule has 138 valence electrons. The topological polar surface area (TPSA) is 115 Å². The molecule has 1 fully saturated rings. The predicted molar refractivity (Wildman–Crippen MR) is 91.5 cm³/mol. The van der Waals surface area contributed by atoms with Crippen LogP contribution in [0.15, 0.2) is 28.8 Å². The maximum atomic E-state index is 12.0. The van der Waals surface area contributed by atoms with Crippen LogP contribution in [0.1, 0.15) is 31.6 Å². The van der Waals surface area contributed by atoms with Crippen molar-refractivity contribution in [1.82, 2.24) is 15.5 Å². The summed E-state index contributed by atoms with van der Waals surface area (Å²) in [6, 6.07) is 6.40. The van der Waals surface area contributed by atoms with Crippen molar-refractivity contribution in [2.45, 2.75) is 38.1 Å². The van der Waals surface area contributed by atoms with Crippen molar-refractivity contribution >= 4 is 11.9 Å². The summed E-state index contributed by atoms with van der Waals surface area (Å²) in [5, 5.41) is 15.7. The zero-order chi connectivity index (χ0) is 18.5. The van der Waals surface area contributed by atoms with Crippen molar-refractivity contribution in [3.05, 3.63) is 30.2 Å². The minimum absolute atomic E-state index is 0.0959. The molecule has 1 aliphatic carbocycles. The van der Waals surface area contributed by atoms with Gasteiger partial charge in [-0.3, -0.25) is 4.79 Å². The SMILES string of the molecule is COc1ccc(-c2noc(CCC(=O)NC(CC3CC3)C(=O)O)n2)cc1. The Morgan fingerprint density at radius 3 is 2.69 bits per heavy atom. The van der Waals surface area contributed by atoms with Crippen LogP contribution in [-0.4, -0.2) is 40.3 Å². The highest BCUT2D eigenvalue weighted by Crippen LogP contribution is 2.33. The first-order valence-electron chi connectivity index (χ1n) is 8.54. The monoisotopic (exact) mass is 359 g/mol. The smallest absolute Gasteiger partial charge is 0.326 e. The summed E-state index contributed by atoms with van der Waals surface area (Å²) in [5.74, 6) is 0.583. The summed E-state index contributed by atoms with van der Waals surface area (Å²) in [5.41, 5.74) is 0.778. The normalized spacial score (nSPS) is 14.7. The van der Waals surface area contributed by atoms with Gasteiger partial charge in [0.25, 0.3) is 0 Å². The van der Waals surface area contributed by atoms with Crippen LogP contribution >= 0.6 is 0 Å². The van der Waals surface area contributed by atoms with Crippen LogP contribution < -0.4 is 10.1 Å². The van der Waals surface area contributed by atoms with E-state index >= 15 is 0 Å². The average Bonchev–Trinajstić information content (AvgIpc) is 3.33. The number of rotatable bonds is 9. The maximum absolute atomic E-state index is 12.0. The van der Waals surface area contributed by atoms with Crippen molar-refractivity contribution in [1.29, 1.82) is 0 Å². The Hall–Kier alpha value is -2.90. The van der Waals surface area contributed by atoms with E-state index < -0.39 is 12.0 Å². The Balaban J connectivity index is 1.51. The lowest BCUT2D eigenvalue weighted by Gasteiger charge is -2.13. The molecule has 2 N–H and O–H groups in total. The van der Waals surface area contributed by atoms with E-state index in [1.807, 2.05) is 12.1 Å². The molecule has 2 aromatic rings. The number of nitrogens with zero attached hydrogens (tertiary/aromatic N) is 2. The molecule has 1 aliphatic rings. The Labute approximate surface area is 150 Å². The molecule has 0 spiro atoms. The van der Waals surface area contributed by atoms with Gasteiger partial charge in [0.15, 0.2) is 0 Å². The van der Waals surface area contributed by atoms with Gasteiger partial charge in [0.1, 0.15) is 11.8 Å². The first-order chi connectivity index (χ1) is 12.5. The van der Waals surface area contributed by atoms with Gasteiger partial charge < -0.3 is 19.7 Å². The van der Waals surface area contributed by atoms with Gasteiger partial charge in [-0.05, 0) is 36.6 Å². The summed E-state index contributed by atoms with van der Waals surface area (Å²) in [6.07, 6.45) is 2.91. The standard InChI is InChI=1S/C18H21N3O5/c1-25-13-6-4-12(5-7-13)17-20-16(26-21-17)9-8-15(22)19-14(18(23)24)10-11-2-3-11/h4-7,11,14H,2-3,8-10H2,1H3,(H,19,22)(H,23,24). The van der Waals surface area contributed by atoms with E-state index in [4.69, 9.17) is 9.26 Å². The summed E-state index contributed by atoms with van der Waals surface area (Å²) >= 11 is 0. The minimum atomic E-state index is -0.996. The Bertz CT molecular complexity index is 767. The van der Waals surface area contributed by atoms with E-state index in [2.05, 4.69) is 15.5 Å². The molecule has 0 saturated heterocycles. The van der Waals surface area contributed by atoms with Crippen LogP contribution in [0, 0.1) is 5.92 Å². The number of aromatic nitrogens is 2. The quantitative estimate of drug-likeness (QED) is 0.704. The van der Waals surface area contributed by atoms with Crippen LogP contribution in [0.4, 0.5) is 0 Å². The molecular formula is C18H21N3O5. The fourth-order valence-electron chi connectivity index (χ4n) is 2.61. The highest BCUT2D eigenvalue weighted by molar-refractivity contribution is 5.83. The number of carboxylic acid groups (broad SMARTS) is 1. The van der Waals surface area contributed by atoms with Crippen molar-refractivity contribution in [3.63, 3.8) is 0 Å². The summed E-state index contributed by atoms with van der Waals surface area (Å²) in [6.45, 7) is 0. The van der Waals surface area contributed by atoms with Gasteiger partial charge in [0, 0.05) is 18.4 Å². The number of aliphatic carboxylic acids is 1. The first kappa shape index (κ1) is 17.9. The highest BCUT2D eigenvalue weighted by Gasteiger charge is 2.30. The third kappa shape index (κ3) is 4.81. The number of methoxy groups -OCH3 is 1. The van der Waals surface area contributed by atoms with Crippen molar-refractivity contribution in [2.75, 3.05) is 7.11 Å². The zero-order valence-corrected chi connectivity index (χ0v) is 14.5. The molecule has 1 unspecified atom stereocenters. The largest absolute Gasteiger partial charge is 0.497 e. The molecule has 1 saturated carbocycles. The van der Waals surface area contributed by atoms with Gasteiger partial charge in [-0.1, -0.05) is 18.0 Å². The number of hydrogen-bond acceptors (Lipinski definition) is 6. The summed E-state index contributed by atoms with van der Waals surface area (Å²) in [4.78, 5) is 27.5. The number of amides is 1. The van der Waals surface area contributed by atoms with E-state index in [1.165, 1.54) is 0 Å². The number of carboxylic acids is 1. The van der Waals surface area contributed by atoms with E-state index in [0.717, 1.165) is 24.2 Å². The van der Waals surface area contributed by atoms with Gasteiger partial charge in [0.2, 0.25) is 17.6 Å². The maximum Gasteiger partial charge on any atom is 0.326 e. The van der Waals surface area contributed by atoms with E-state index in [-0.39, 0.29) is 18.7 Å². The van der Waals surface area contributed by atoms with Crippen LogP contribution in [-0.2, 0) is 16.0 Å². The van der Waals surface area contributed by atoms with E-state index in [9.17, 15) is 14.7 Å². The molecule has 1 aromatic heterocycles. The molecule has 0 radical (unpaired) electrons. The third-order valence-electron chi connectivity index (χ3n) is 4.28. The van der Waals surface area contributed by atoms with Crippen LogP contribution in [0.2, 0.25) is 0 Å². The zero-order valence-electron chi connectivity index (χ0n) is 14.5. The van der Waals surface area contributed by atoms with Gasteiger partial charge >= 0.3 is 5.97 Å². The number of carbonyl (C=O) groups is 2. The Morgan fingerprint density at radius 2 is 2.08 bits per heavy atom.